The minimum atomic E-state index is -4.20. The minimum Gasteiger partial charge on any atom is -0.477 e. The number of amides is 1. The SMILES string of the molecule is CC1(C)CCC(CCCn2ccc(S(=O)(=O)NC(=O)c3ccc(-n4ccc(OCCC5C(C)(C)C5(C)C)n4)nc3Cl)n2)C1. The topological polar surface area (TPSA) is 121 Å². The molecule has 3 heterocycles. The molecular formula is C31H43ClN6O4S. The van der Waals surface area contributed by atoms with Crippen molar-refractivity contribution in [3.8, 4) is 11.7 Å². The smallest absolute Gasteiger partial charge is 0.283 e. The first-order chi connectivity index (χ1) is 20.1. The second-order valence-corrected chi connectivity index (χ2v) is 16.0. The monoisotopic (exact) mass is 630 g/mol. The largest absolute Gasteiger partial charge is 0.477 e. The van der Waals surface area contributed by atoms with Crippen LogP contribution in [-0.4, -0.2) is 45.5 Å². The zero-order valence-electron chi connectivity index (χ0n) is 25.9. The summed E-state index contributed by atoms with van der Waals surface area (Å²) >= 11 is 6.31. The van der Waals surface area contributed by atoms with Crippen LogP contribution in [0.5, 0.6) is 5.88 Å². The maximum Gasteiger partial charge on any atom is 0.283 e. The molecule has 10 nitrogen and oxygen atoms in total. The maximum atomic E-state index is 12.9. The van der Waals surface area contributed by atoms with E-state index < -0.39 is 15.9 Å². The summed E-state index contributed by atoms with van der Waals surface area (Å²) in [4.78, 5) is 17.1. The Kier molecular flexibility index (Phi) is 8.45. The van der Waals surface area contributed by atoms with Gasteiger partial charge < -0.3 is 4.74 Å². The van der Waals surface area contributed by atoms with E-state index in [4.69, 9.17) is 16.3 Å². The van der Waals surface area contributed by atoms with Crippen LogP contribution in [0.2, 0.25) is 5.15 Å². The summed E-state index contributed by atoms with van der Waals surface area (Å²) in [7, 11) is -4.20. The normalized spacial score (nSPS) is 20.7. The number of pyridine rings is 1. The van der Waals surface area contributed by atoms with Gasteiger partial charge in [-0.2, -0.15) is 13.5 Å². The van der Waals surface area contributed by atoms with E-state index >= 15 is 0 Å². The van der Waals surface area contributed by atoms with Crippen molar-refractivity contribution in [1.82, 2.24) is 29.3 Å². The number of ether oxygens (including phenoxy) is 1. The highest BCUT2D eigenvalue weighted by Crippen LogP contribution is 2.69. The Labute approximate surface area is 259 Å². The van der Waals surface area contributed by atoms with Crippen molar-refractivity contribution in [2.45, 2.75) is 91.6 Å². The summed E-state index contributed by atoms with van der Waals surface area (Å²) in [5.41, 5.74) is 0.942. The summed E-state index contributed by atoms with van der Waals surface area (Å²) in [5, 5.41) is 8.22. The Balaban J connectivity index is 1.14. The fourth-order valence-electron chi connectivity index (χ4n) is 6.78. The molecule has 3 aromatic rings. The number of nitrogens with one attached hydrogen (secondary N) is 1. The predicted molar refractivity (Wildman–Crippen MR) is 165 cm³/mol. The van der Waals surface area contributed by atoms with E-state index in [1.54, 1.807) is 29.2 Å². The third-order valence-electron chi connectivity index (χ3n) is 10.0. The number of hydrogen-bond donors (Lipinski definition) is 1. The minimum absolute atomic E-state index is 0.0776. The molecule has 3 aromatic heterocycles. The van der Waals surface area contributed by atoms with Crippen LogP contribution in [0.15, 0.2) is 41.7 Å². The quantitative estimate of drug-likeness (QED) is 0.233. The van der Waals surface area contributed by atoms with E-state index in [9.17, 15) is 13.2 Å². The lowest BCUT2D eigenvalue weighted by Crippen LogP contribution is -2.31. The van der Waals surface area contributed by atoms with Gasteiger partial charge in [-0.25, -0.2) is 14.4 Å². The highest BCUT2D eigenvalue weighted by molar-refractivity contribution is 7.90. The van der Waals surface area contributed by atoms with Crippen molar-refractivity contribution in [2.75, 3.05) is 6.61 Å². The van der Waals surface area contributed by atoms with Gasteiger partial charge in [-0.15, -0.1) is 5.10 Å². The first kappa shape index (κ1) is 31.5. The zero-order valence-corrected chi connectivity index (χ0v) is 27.5. The van der Waals surface area contributed by atoms with Crippen molar-refractivity contribution < 1.29 is 17.9 Å². The van der Waals surface area contributed by atoms with Gasteiger partial charge in [0.2, 0.25) is 5.88 Å². The van der Waals surface area contributed by atoms with Gasteiger partial charge in [0.1, 0.15) is 5.15 Å². The van der Waals surface area contributed by atoms with E-state index in [1.807, 2.05) is 0 Å². The van der Waals surface area contributed by atoms with Crippen molar-refractivity contribution in [2.24, 2.45) is 28.1 Å². The number of halogens is 1. The average Bonchev–Trinajstić information content (AvgIpc) is 3.53. The van der Waals surface area contributed by atoms with Crippen LogP contribution in [-0.2, 0) is 16.6 Å². The van der Waals surface area contributed by atoms with Crippen molar-refractivity contribution in [3.05, 3.63) is 47.4 Å². The van der Waals surface area contributed by atoms with E-state index in [0.29, 0.717) is 52.9 Å². The Hall–Kier alpha value is -2.92. The van der Waals surface area contributed by atoms with Gasteiger partial charge in [-0.05, 0) is 84.8 Å². The van der Waals surface area contributed by atoms with Gasteiger partial charge in [0.15, 0.2) is 10.8 Å². The third-order valence-corrected chi connectivity index (χ3v) is 11.6. The summed E-state index contributed by atoms with van der Waals surface area (Å²) in [6.07, 6.45) is 9.99. The lowest BCUT2D eigenvalue weighted by atomic mass is 9.89. The Morgan fingerprint density at radius 3 is 2.44 bits per heavy atom. The second-order valence-electron chi connectivity index (χ2n) is 14.0. The fraction of sp³-hybridized carbons (Fsp3) is 0.613. The number of carbonyl (C=O) groups is 1. The number of aromatic nitrogens is 5. The molecule has 2 saturated carbocycles. The third kappa shape index (κ3) is 6.77. The summed E-state index contributed by atoms with van der Waals surface area (Å²) in [5.74, 6) is 1.24. The molecule has 0 aromatic carbocycles. The number of rotatable bonds is 12. The van der Waals surface area contributed by atoms with Crippen molar-refractivity contribution in [3.63, 3.8) is 0 Å². The molecular weight excluding hydrogens is 588 g/mol. The lowest BCUT2D eigenvalue weighted by molar-refractivity contribution is 0.0981. The van der Waals surface area contributed by atoms with Gasteiger partial charge >= 0.3 is 0 Å². The maximum absolute atomic E-state index is 12.9. The number of sulfonamides is 1. The summed E-state index contributed by atoms with van der Waals surface area (Å²) < 4.78 is 36.8. The highest BCUT2D eigenvalue weighted by atomic mass is 35.5. The van der Waals surface area contributed by atoms with Crippen LogP contribution < -0.4 is 9.46 Å². The highest BCUT2D eigenvalue weighted by Gasteiger charge is 2.63. The predicted octanol–water partition coefficient (Wildman–Crippen LogP) is 6.29. The molecule has 1 N–H and O–H groups in total. The fourth-order valence-corrected chi connectivity index (χ4v) is 7.93. The standard InChI is InChI=1S/C31H43ClN6O4S/c1-29(2)15-11-21(20-29)8-7-16-37-17-13-26(35-37)43(40,41)36-28(39)22-9-10-24(33-27(22)32)38-18-12-25(34-38)42-19-14-23-30(3,4)31(23,5)6/h9-10,12-13,17-18,21,23H,7-8,11,14-16,19-20H2,1-6H3,(H,36,39). The zero-order chi connectivity index (χ0) is 31.2. The molecule has 2 aliphatic carbocycles. The summed E-state index contributed by atoms with van der Waals surface area (Å²) in [6, 6.07) is 6.08. The number of hydrogen-bond acceptors (Lipinski definition) is 7. The van der Waals surface area contributed by atoms with Crippen LogP contribution in [0.3, 0.4) is 0 Å². The van der Waals surface area contributed by atoms with Gasteiger partial charge in [-0.1, -0.05) is 53.1 Å². The first-order valence-electron chi connectivity index (χ1n) is 15.1. The van der Waals surface area contributed by atoms with Gasteiger partial charge in [-0.3, -0.25) is 9.48 Å². The van der Waals surface area contributed by atoms with E-state index in [0.717, 1.165) is 19.3 Å². The van der Waals surface area contributed by atoms with Crippen molar-refractivity contribution in [1.29, 1.82) is 0 Å². The Morgan fingerprint density at radius 1 is 1.05 bits per heavy atom. The van der Waals surface area contributed by atoms with Gasteiger partial charge in [0.05, 0.1) is 12.2 Å². The molecule has 12 heteroatoms. The molecule has 43 heavy (non-hydrogen) atoms. The van der Waals surface area contributed by atoms with Crippen LogP contribution in [0, 0.1) is 28.1 Å². The molecule has 2 aliphatic rings. The van der Waals surface area contributed by atoms with Crippen LogP contribution >= 0.6 is 11.6 Å². The molecule has 1 unspecified atom stereocenters. The van der Waals surface area contributed by atoms with E-state index in [-0.39, 0.29) is 15.7 Å². The number of aryl methyl sites for hydroxylation is 1. The molecule has 1 amide bonds. The average molecular weight is 631 g/mol. The first-order valence-corrected chi connectivity index (χ1v) is 16.9. The lowest BCUT2D eigenvalue weighted by Gasteiger charge is -2.17. The Morgan fingerprint density at radius 2 is 1.79 bits per heavy atom. The molecule has 0 radical (unpaired) electrons. The molecule has 1 atom stereocenters. The van der Waals surface area contributed by atoms with E-state index in [2.05, 4.69) is 61.4 Å². The molecule has 0 spiro atoms. The molecule has 5 rings (SSSR count). The van der Waals surface area contributed by atoms with Crippen molar-refractivity contribution >= 4 is 27.5 Å². The van der Waals surface area contributed by atoms with Gasteiger partial charge in [0.25, 0.3) is 15.9 Å². The number of carbonyl (C=O) groups excluding carboxylic acids is 1. The Bertz CT molecular complexity index is 1580. The molecule has 234 valence electrons. The molecule has 0 bridgehead atoms. The molecule has 0 aliphatic heterocycles. The molecule has 2 fully saturated rings. The van der Waals surface area contributed by atoms with Crippen LogP contribution in [0.25, 0.3) is 5.82 Å². The second kappa shape index (κ2) is 11.5. The van der Waals surface area contributed by atoms with E-state index in [1.165, 1.54) is 36.1 Å². The summed E-state index contributed by atoms with van der Waals surface area (Å²) in [6.45, 7) is 14.9. The van der Waals surface area contributed by atoms with Crippen LogP contribution in [0.1, 0.15) is 90.4 Å². The van der Waals surface area contributed by atoms with Crippen LogP contribution in [0.4, 0.5) is 0 Å². The molecule has 0 saturated heterocycles. The van der Waals surface area contributed by atoms with Gasteiger partial charge in [0, 0.05) is 25.0 Å². The number of nitrogens with zero attached hydrogens (tertiary/aromatic N) is 5.